The second-order valence-corrected chi connectivity index (χ2v) is 15.2. The van der Waals surface area contributed by atoms with Gasteiger partial charge in [0, 0.05) is 39.9 Å². The molecular weight excluding hydrogens is 721 g/mol. The molecule has 0 radical (unpaired) electrons. The number of hydrogen-bond acceptors (Lipinski definition) is 5. The van der Waals surface area contributed by atoms with Crippen molar-refractivity contribution in [3.8, 4) is 22.3 Å². The van der Waals surface area contributed by atoms with Gasteiger partial charge in [0.05, 0.1) is 0 Å². The summed E-state index contributed by atoms with van der Waals surface area (Å²) in [5, 5.41) is 15.5. The fourth-order valence-corrected chi connectivity index (χ4v) is 9.01. The average Bonchev–Trinajstić information content (AvgIpc) is 3.71. The second kappa shape index (κ2) is 13.4. The monoisotopic (exact) mass is 754 g/mol. The van der Waals surface area contributed by atoms with Gasteiger partial charge in [-0.15, -0.1) is 0 Å². The van der Waals surface area contributed by atoms with Crippen molar-refractivity contribution in [1.29, 1.82) is 0 Å². The Morgan fingerprint density at radius 1 is 0.441 bits per heavy atom. The average molecular weight is 755 g/mol. The zero-order chi connectivity index (χ0) is 38.9. The van der Waals surface area contributed by atoms with Crippen LogP contribution in [0, 0.1) is 0 Å². The van der Waals surface area contributed by atoms with Gasteiger partial charge in [0.1, 0.15) is 23.2 Å². The van der Waals surface area contributed by atoms with Crippen molar-refractivity contribution in [2.24, 2.45) is 9.98 Å². The molecule has 0 aliphatic carbocycles. The van der Waals surface area contributed by atoms with E-state index in [9.17, 15) is 0 Å². The summed E-state index contributed by atoms with van der Waals surface area (Å²) in [5.74, 6) is 1.40. The number of fused-ring (bicyclic) bond motifs is 10. The topological polar surface area (TPSA) is 62.8 Å². The highest BCUT2D eigenvalue weighted by molar-refractivity contribution is 6.26. The Bertz CT molecular complexity index is 3490. The van der Waals surface area contributed by atoms with Crippen molar-refractivity contribution in [2.45, 2.75) is 6.17 Å². The Balaban J connectivity index is 0.978. The van der Waals surface area contributed by atoms with E-state index in [2.05, 4.69) is 157 Å². The Kier molecular flexibility index (Phi) is 7.53. The lowest BCUT2D eigenvalue weighted by Gasteiger charge is -2.24. The lowest BCUT2D eigenvalue weighted by molar-refractivity contribution is 0.668. The van der Waals surface area contributed by atoms with Crippen LogP contribution in [0.25, 0.3) is 87.3 Å². The van der Waals surface area contributed by atoms with E-state index in [1.807, 2.05) is 42.7 Å². The van der Waals surface area contributed by atoms with Crippen molar-refractivity contribution < 1.29 is 4.42 Å². The Morgan fingerprint density at radius 3 is 1.85 bits per heavy atom. The zero-order valence-electron chi connectivity index (χ0n) is 31.8. The van der Waals surface area contributed by atoms with Crippen LogP contribution in [0.4, 0.5) is 0 Å². The van der Waals surface area contributed by atoms with Gasteiger partial charge in [0.25, 0.3) is 0 Å². The van der Waals surface area contributed by atoms with Crippen LogP contribution in [0.5, 0.6) is 0 Å². The molecule has 0 bridgehead atoms. The lowest BCUT2D eigenvalue weighted by atomic mass is 9.92. The van der Waals surface area contributed by atoms with E-state index >= 15 is 0 Å². The molecule has 5 nitrogen and oxygen atoms in total. The van der Waals surface area contributed by atoms with Crippen molar-refractivity contribution in [3.63, 3.8) is 0 Å². The van der Waals surface area contributed by atoms with E-state index in [0.29, 0.717) is 5.84 Å². The summed E-state index contributed by atoms with van der Waals surface area (Å²) in [5.41, 5.74) is 8.85. The summed E-state index contributed by atoms with van der Waals surface area (Å²) in [4.78, 5) is 15.2. The fourth-order valence-electron chi connectivity index (χ4n) is 9.01. The highest BCUT2D eigenvalue weighted by Gasteiger charge is 2.25. The van der Waals surface area contributed by atoms with Gasteiger partial charge in [-0.3, -0.25) is 4.98 Å². The first-order valence-electron chi connectivity index (χ1n) is 19.9. The number of furan rings is 1. The first kappa shape index (κ1) is 33.3. The molecule has 1 N–H and O–H groups in total. The van der Waals surface area contributed by atoms with Crippen LogP contribution in [-0.4, -0.2) is 16.7 Å². The van der Waals surface area contributed by atoms with Crippen LogP contribution < -0.4 is 5.32 Å². The number of aliphatic imine (C=N–C) groups is 2. The largest absolute Gasteiger partial charge is 0.455 e. The molecule has 9 aromatic carbocycles. The number of benzene rings is 9. The van der Waals surface area contributed by atoms with Gasteiger partial charge in [0.15, 0.2) is 5.84 Å². The highest BCUT2D eigenvalue weighted by atomic mass is 16.3. The smallest absolute Gasteiger partial charge is 0.159 e. The van der Waals surface area contributed by atoms with Crippen LogP contribution in [0.3, 0.4) is 0 Å². The Hall–Kier alpha value is -7.89. The number of amidine groups is 2. The minimum atomic E-state index is -0.370. The van der Waals surface area contributed by atoms with Gasteiger partial charge in [-0.05, 0) is 77.5 Å². The van der Waals surface area contributed by atoms with Crippen molar-refractivity contribution in [1.82, 2.24) is 10.3 Å². The molecule has 1 atom stereocenters. The summed E-state index contributed by atoms with van der Waals surface area (Å²) in [7, 11) is 0. The summed E-state index contributed by atoms with van der Waals surface area (Å²) in [6.45, 7) is 0. The number of nitrogens with one attached hydrogen (secondary N) is 1. The molecular formula is C54H34N4O. The van der Waals surface area contributed by atoms with E-state index in [0.717, 1.165) is 61.2 Å². The highest BCUT2D eigenvalue weighted by Crippen LogP contribution is 2.41. The number of rotatable bonds is 5. The SMILES string of the molecule is c1ccc(C2=NC(c3ccc(-c4cccc5ccccc45)cc3)NC(c3cccc4oc5c(-c6ccc7c8ccccc8c8ccccc8c7c6)cncc5c34)=N2)cc1. The van der Waals surface area contributed by atoms with Crippen LogP contribution in [0.2, 0.25) is 0 Å². The molecule has 1 unspecified atom stereocenters. The Labute approximate surface area is 339 Å². The third-order valence-corrected chi connectivity index (χ3v) is 11.8. The number of pyridine rings is 1. The van der Waals surface area contributed by atoms with Gasteiger partial charge >= 0.3 is 0 Å². The van der Waals surface area contributed by atoms with Crippen molar-refractivity contribution >= 4 is 76.7 Å². The van der Waals surface area contributed by atoms with E-state index in [4.69, 9.17) is 19.4 Å². The summed E-state index contributed by atoms with van der Waals surface area (Å²) < 4.78 is 6.79. The normalized spacial score (nSPS) is 14.3. The number of aromatic nitrogens is 1. The molecule has 5 heteroatoms. The summed E-state index contributed by atoms with van der Waals surface area (Å²) in [6.07, 6.45) is 3.46. The van der Waals surface area contributed by atoms with Gasteiger partial charge in [0.2, 0.25) is 0 Å². The molecule has 1 aliphatic rings. The standard InChI is InChI=1S/C54H34N4O/c1-2-13-35(14-3-1)52-56-53(36-26-24-34(25-27-36)39-21-10-15-33-12-4-5-16-38(33)39)58-54(57-52)45-22-11-23-49-50(45)48-32-55-31-47(51(48)59-49)37-28-29-44-42-19-7-6-17-40(42)41-18-8-9-20-43(41)46(44)30-37/h1-32,53H,(H,56,57,58). The molecule has 0 saturated carbocycles. The fraction of sp³-hybridized carbons (Fsp3) is 0.0185. The van der Waals surface area contributed by atoms with E-state index in [1.54, 1.807) is 0 Å². The molecule has 12 rings (SSSR count). The van der Waals surface area contributed by atoms with Crippen LogP contribution in [-0.2, 0) is 0 Å². The van der Waals surface area contributed by atoms with Crippen LogP contribution in [0.15, 0.2) is 209 Å². The van der Waals surface area contributed by atoms with E-state index in [1.165, 1.54) is 48.7 Å². The number of nitrogens with zero attached hydrogens (tertiary/aromatic N) is 3. The number of hydrogen-bond donors (Lipinski definition) is 1. The molecule has 11 aromatic rings. The molecule has 0 spiro atoms. The minimum absolute atomic E-state index is 0.370. The summed E-state index contributed by atoms with van der Waals surface area (Å²) in [6, 6.07) is 64.2. The van der Waals surface area contributed by atoms with Gasteiger partial charge in [-0.25, -0.2) is 9.98 Å². The molecule has 3 heterocycles. The van der Waals surface area contributed by atoms with E-state index < -0.39 is 0 Å². The maximum atomic E-state index is 6.79. The van der Waals surface area contributed by atoms with Gasteiger partial charge < -0.3 is 9.73 Å². The molecule has 0 saturated heterocycles. The predicted octanol–water partition coefficient (Wildman–Crippen LogP) is 13.4. The third kappa shape index (κ3) is 5.43. The second-order valence-electron chi connectivity index (χ2n) is 15.2. The van der Waals surface area contributed by atoms with Crippen molar-refractivity contribution in [3.05, 3.63) is 211 Å². The third-order valence-electron chi connectivity index (χ3n) is 11.8. The van der Waals surface area contributed by atoms with E-state index in [-0.39, 0.29) is 6.17 Å². The van der Waals surface area contributed by atoms with Crippen molar-refractivity contribution in [2.75, 3.05) is 0 Å². The first-order valence-corrected chi connectivity index (χ1v) is 19.9. The zero-order valence-corrected chi connectivity index (χ0v) is 31.8. The lowest BCUT2D eigenvalue weighted by Crippen LogP contribution is -2.33. The van der Waals surface area contributed by atoms with Crippen LogP contribution >= 0.6 is 0 Å². The molecule has 0 fully saturated rings. The minimum Gasteiger partial charge on any atom is -0.455 e. The van der Waals surface area contributed by atoms with Gasteiger partial charge in [-0.1, -0.05) is 170 Å². The Morgan fingerprint density at radius 2 is 1.07 bits per heavy atom. The van der Waals surface area contributed by atoms with Gasteiger partial charge in [-0.2, -0.15) is 0 Å². The maximum absolute atomic E-state index is 6.79. The molecule has 2 aromatic heterocycles. The molecule has 59 heavy (non-hydrogen) atoms. The first-order chi connectivity index (χ1) is 29.2. The molecule has 0 amide bonds. The van der Waals surface area contributed by atoms with Crippen LogP contribution in [0.1, 0.15) is 22.9 Å². The maximum Gasteiger partial charge on any atom is 0.159 e. The predicted molar refractivity (Wildman–Crippen MR) is 244 cm³/mol. The summed E-state index contributed by atoms with van der Waals surface area (Å²) >= 11 is 0. The quantitative estimate of drug-likeness (QED) is 0.178. The molecule has 276 valence electrons. The molecule has 1 aliphatic heterocycles.